The van der Waals surface area contributed by atoms with Gasteiger partial charge in [0.1, 0.15) is 23.7 Å². The average molecular weight is 658 g/mol. The van der Waals surface area contributed by atoms with Crippen molar-refractivity contribution in [2.75, 3.05) is 39.5 Å². The highest BCUT2D eigenvalue weighted by atomic mass is 16.6. The van der Waals surface area contributed by atoms with E-state index < -0.39 is 47.5 Å². The second-order valence-electron chi connectivity index (χ2n) is 13.8. The van der Waals surface area contributed by atoms with Crippen molar-refractivity contribution < 1.29 is 33.4 Å². The smallest absolute Gasteiger partial charge is 0.243 e. The fraction of sp³-hybridized carbons (Fsp3) is 0.686. The number of carbonyl (C=O) groups excluding carboxylic acids is 5. The summed E-state index contributed by atoms with van der Waals surface area (Å²) in [5, 5.41) is 11.5. The molecule has 0 bridgehead atoms. The molecule has 0 saturated carbocycles. The molecular formula is C35H55N5O7. The van der Waals surface area contributed by atoms with Crippen molar-refractivity contribution in [3.05, 3.63) is 35.9 Å². The Bertz CT molecular complexity index is 1200. The molecule has 2 aliphatic heterocycles. The van der Waals surface area contributed by atoms with Crippen molar-refractivity contribution in [1.82, 2.24) is 26.2 Å². The number of epoxide rings is 1. The van der Waals surface area contributed by atoms with Gasteiger partial charge in [-0.3, -0.25) is 28.9 Å². The number of morpholine rings is 1. The summed E-state index contributed by atoms with van der Waals surface area (Å²) in [4.78, 5) is 69.2. The maximum absolute atomic E-state index is 13.9. The van der Waals surface area contributed by atoms with Crippen molar-refractivity contribution in [1.29, 1.82) is 0 Å². The summed E-state index contributed by atoms with van der Waals surface area (Å²) >= 11 is 0. The summed E-state index contributed by atoms with van der Waals surface area (Å²) in [5.74, 6) is -1.73. The van der Waals surface area contributed by atoms with Gasteiger partial charge in [-0.2, -0.15) is 0 Å². The van der Waals surface area contributed by atoms with Gasteiger partial charge in [-0.1, -0.05) is 71.4 Å². The Balaban J connectivity index is 1.75. The van der Waals surface area contributed by atoms with Crippen molar-refractivity contribution in [3.8, 4) is 0 Å². The molecule has 12 heteroatoms. The van der Waals surface area contributed by atoms with E-state index in [1.807, 2.05) is 69.9 Å². The van der Waals surface area contributed by atoms with Gasteiger partial charge in [0.15, 0.2) is 5.78 Å². The van der Waals surface area contributed by atoms with Crippen LogP contribution in [0.4, 0.5) is 0 Å². The Morgan fingerprint density at radius 2 is 1.32 bits per heavy atom. The zero-order chi connectivity index (χ0) is 34.6. The third kappa shape index (κ3) is 12.6. The number of hydrogen-bond acceptors (Lipinski definition) is 8. The molecule has 262 valence electrons. The van der Waals surface area contributed by atoms with Crippen LogP contribution in [-0.4, -0.2) is 104 Å². The SMILES string of the molecule is CCC[C@H](NC(=O)CN1CCOCC1)C(=O)NC(CC(C)C)C(=O)N[C@@H](Cc1ccccc1)C(=O)NC(CC(C)C)C(=O)[C@@]1(C)CO1. The number of nitrogens with zero attached hydrogens (tertiary/aromatic N) is 1. The summed E-state index contributed by atoms with van der Waals surface area (Å²) in [6.07, 6.45) is 1.99. The number of rotatable bonds is 19. The van der Waals surface area contributed by atoms with Crippen LogP contribution in [0.5, 0.6) is 0 Å². The van der Waals surface area contributed by atoms with Gasteiger partial charge in [0.25, 0.3) is 0 Å². The fourth-order valence-electron chi connectivity index (χ4n) is 5.66. The van der Waals surface area contributed by atoms with Crippen molar-refractivity contribution >= 4 is 29.4 Å². The number of Topliss-reactive ketones (excluding diaryl/α,β-unsaturated/α-hetero) is 1. The van der Waals surface area contributed by atoms with Crippen LogP contribution in [0.2, 0.25) is 0 Å². The van der Waals surface area contributed by atoms with Crippen LogP contribution in [0.15, 0.2) is 30.3 Å². The number of benzene rings is 1. The summed E-state index contributed by atoms with van der Waals surface area (Å²) < 4.78 is 10.7. The zero-order valence-electron chi connectivity index (χ0n) is 28.9. The van der Waals surface area contributed by atoms with Crippen LogP contribution in [0.3, 0.4) is 0 Å². The van der Waals surface area contributed by atoms with Crippen LogP contribution < -0.4 is 21.3 Å². The van der Waals surface area contributed by atoms with Crippen molar-refractivity contribution in [2.45, 2.75) is 103 Å². The van der Waals surface area contributed by atoms with E-state index in [1.54, 1.807) is 6.92 Å². The van der Waals surface area contributed by atoms with E-state index >= 15 is 0 Å². The molecule has 0 aliphatic carbocycles. The van der Waals surface area contributed by atoms with Crippen LogP contribution in [-0.2, 0) is 39.9 Å². The number of ether oxygens (including phenoxy) is 2. The number of nitrogens with one attached hydrogen (secondary N) is 4. The summed E-state index contributed by atoms with van der Waals surface area (Å²) in [6, 6.07) is 5.76. The molecule has 1 aromatic rings. The maximum atomic E-state index is 13.9. The average Bonchev–Trinajstić information content (AvgIpc) is 3.78. The molecule has 2 unspecified atom stereocenters. The minimum atomic E-state index is -1.01. The molecule has 2 heterocycles. The third-order valence-corrected chi connectivity index (χ3v) is 8.39. The highest BCUT2D eigenvalue weighted by molar-refractivity contribution is 5.98. The number of hydrogen-bond donors (Lipinski definition) is 4. The van der Waals surface area contributed by atoms with Crippen molar-refractivity contribution in [2.24, 2.45) is 11.8 Å². The first-order valence-corrected chi connectivity index (χ1v) is 17.0. The molecule has 4 N–H and O–H groups in total. The van der Waals surface area contributed by atoms with E-state index in [4.69, 9.17) is 9.47 Å². The second kappa shape index (κ2) is 18.3. The van der Waals surface area contributed by atoms with Crippen LogP contribution in [0, 0.1) is 11.8 Å². The molecule has 4 amide bonds. The molecule has 3 rings (SSSR count). The van der Waals surface area contributed by atoms with E-state index in [0.29, 0.717) is 58.6 Å². The monoisotopic (exact) mass is 657 g/mol. The van der Waals surface area contributed by atoms with E-state index in [9.17, 15) is 24.0 Å². The first kappa shape index (κ1) is 38.1. The summed E-state index contributed by atoms with van der Waals surface area (Å²) in [7, 11) is 0. The normalized spacial score (nSPS) is 20.5. The molecule has 0 aromatic heterocycles. The van der Waals surface area contributed by atoms with Gasteiger partial charge in [-0.05, 0) is 43.6 Å². The molecule has 2 fully saturated rings. The number of carbonyl (C=O) groups is 5. The Morgan fingerprint density at radius 3 is 1.89 bits per heavy atom. The van der Waals surface area contributed by atoms with E-state index in [0.717, 1.165) is 5.56 Å². The lowest BCUT2D eigenvalue weighted by molar-refractivity contribution is -0.135. The lowest BCUT2D eigenvalue weighted by Gasteiger charge is -2.29. The molecular weight excluding hydrogens is 602 g/mol. The van der Waals surface area contributed by atoms with Gasteiger partial charge in [-0.15, -0.1) is 0 Å². The molecule has 5 atom stereocenters. The van der Waals surface area contributed by atoms with Gasteiger partial charge in [0.05, 0.1) is 32.4 Å². The molecule has 47 heavy (non-hydrogen) atoms. The highest BCUT2D eigenvalue weighted by Crippen LogP contribution is 2.29. The number of amides is 4. The van der Waals surface area contributed by atoms with Gasteiger partial charge in [0, 0.05) is 19.5 Å². The van der Waals surface area contributed by atoms with Crippen molar-refractivity contribution in [3.63, 3.8) is 0 Å². The van der Waals surface area contributed by atoms with E-state index in [-0.39, 0.29) is 36.5 Å². The Morgan fingerprint density at radius 1 is 0.787 bits per heavy atom. The van der Waals surface area contributed by atoms with E-state index in [1.165, 1.54) is 0 Å². The van der Waals surface area contributed by atoms with Gasteiger partial charge in [-0.25, -0.2) is 0 Å². The van der Waals surface area contributed by atoms with E-state index in [2.05, 4.69) is 21.3 Å². The lowest BCUT2D eigenvalue weighted by atomic mass is 9.93. The third-order valence-electron chi connectivity index (χ3n) is 8.39. The van der Waals surface area contributed by atoms with Crippen LogP contribution in [0.25, 0.3) is 0 Å². The molecule has 0 spiro atoms. The molecule has 0 radical (unpaired) electrons. The standard InChI is InChI=1S/C35H55N5O7/c1-7-11-26(36-30(41)21-40-14-16-46-17-15-40)32(43)38-28(19-24(4)5)33(44)39-29(20-25-12-9-8-10-13-25)34(45)37-27(18-23(2)3)31(42)35(6)22-47-35/h8-10,12-13,23-24,26-29H,7,11,14-22H2,1-6H3,(H,36,41)(H,37,45)(H,38,43)(H,39,44)/t26-,27?,28?,29-,35+/m0/s1. The van der Waals surface area contributed by atoms with Crippen LogP contribution >= 0.6 is 0 Å². The molecule has 2 saturated heterocycles. The van der Waals surface area contributed by atoms with Gasteiger partial charge >= 0.3 is 0 Å². The topological polar surface area (TPSA) is 158 Å². The number of ketones is 1. The first-order valence-electron chi connectivity index (χ1n) is 17.0. The molecule has 12 nitrogen and oxygen atoms in total. The second-order valence-corrected chi connectivity index (χ2v) is 13.8. The quantitative estimate of drug-likeness (QED) is 0.164. The maximum Gasteiger partial charge on any atom is 0.243 e. The molecule has 2 aliphatic rings. The van der Waals surface area contributed by atoms with Gasteiger partial charge in [0.2, 0.25) is 23.6 Å². The minimum Gasteiger partial charge on any atom is -0.379 e. The zero-order valence-corrected chi connectivity index (χ0v) is 28.9. The lowest BCUT2D eigenvalue weighted by Crippen LogP contribution is -2.59. The Kier molecular flexibility index (Phi) is 14.8. The Hall–Kier alpha value is -3.35. The van der Waals surface area contributed by atoms with Gasteiger partial charge < -0.3 is 30.7 Å². The predicted molar refractivity (Wildman–Crippen MR) is 178 cm³/mol. The summed E-state index contributed by atoms with van der Waals surface area (Å²) in [5.41, 5.74) is -0.0859. The Labute approximate surface area is 279 Å². The molecule has 1 aromatic carbocycles. The largest absolute Gasteiger partial charge is 0.379 e. The van der Waals surface area contributed by atoms with Crippen LogP contribution in [0.1, 0.15) is 72.8 Å². The highest BCUT2D eigenvalue weighted by Gasteiger charge is 2.50. The fourth-order valence-corrected chi connectivity index (χ4v) is 5.66. The summed E-state index contributed by atoms with van der Waals surface area (Å²) in [6.45, 7) is 14.3. The first-order chi connectivity index (χ1) is 22.3. The minimum absolute atomic E-state index is 0.0420. The predicted octanol–water partition coefficient (Wildman–Crippen LogP) is 1.75.